The van der Waals surface area contributed by atoms with Gasteiger partial charge in [-0.25, -0.2) is 22.3 Å². The average molecular weight is 279 g/mol. The molecule has 18 heavy (non-hydrogen) atoms. The quantitative estimate of drug-likeness (QED) is 0.811. The normalized spacial score (nSPS) is 11.6. The lowest BCUT2D eigenvalue weighted by Gasteiger charge is -2.11. The van der Waals surface area contributed by atoms with Crippen molar-refractivity contribution in [3.05, 3.63) is 23.8 Å². The summed E-state index contributed by atoms with van der Waals surface area (Å²) < 4.78 is 53.9. The summed E-state index contributed by atoms with van der Waals surface area (Å²) in [4.78, 5) is -0.670. The predicted octanol–water partition coefficient (Wildman–Crippen LogP) is 2.18. The molecule has 0 saturated carbocycles. The SMILES string of the molecule is CCCCCOc1c(F)cc(F)cc1S(N)(=O)=O. The Kier molecular flexibility index (Phi) is 5.03. The molecule has 0 radical (unpaired) electrons. The van der Waals surface area contributed by atoms with Gasteiger partial charge in [-0.2, -0.15) is 0 Å². The molecular weight excluding hydrogens is 264 g/mol. The molecule has 0 aromatic heterocycles. The molecular formula is C11H15F2NO3S. The molecule has 0 atom stereocenters. The fraction of sp³-hybridized carbons (Fsp3) is 0.455. The zero-order valence-electron chi connectivity index (χ0n) is 9.95. The van der Waals surface area contributed by atoms with Gasteiger partial charge in [0.2, 0.25) is 10.0 Å². The maximum atomic E-state index is 13.5. The van der Waals surface area contributed by atoms with Gasteiger partial charge in [-0.05, 0) is 12.5 Å². The smallest absolute Gasteiger partial charge is 0.241 e. The van der Waals surface area contributed by atoms with Gasteiger partial charge in [0.25, 0.3) is 0 Å². The Morgan fingerprint density at radius 3 is 2.50 bits per heavy atom. The van der Waals surface area contributed by atoms with Crippen LogP contribution in [0.2, 0.25) is 0 Å². The van der Waals surface area contributed by atoms with Crippen molar-refractivity contribution < 1.29 is 21.9 Å². The first kappa shape index (κ1) is 14.8. The van der Waals surface area contributed by atoms with E-state index in [1.807, 2.05) is 6.92 Å². The first-order valence-corrected chi connectivity index (χ1v) is 7.05. The Balaban J connectivity index is 3.02. The number of primary sulfonamides is 1. The van der Waals surface area contributed by atoms with Gasteiger partial charge in [-0.3, -0.25) is 0 Å². The van der Waals surface area contributed by atoms with E-state index < -0.39 is 32.3 Å². The maximum absolute atomic E-state index is 13.5. The first-order chi connectivity index (χ1) is 8.36. The minimum atomic E-state index is -4.23. The Hall–Kier alpha value is -1.21. The van der Waals surface area contributed by atoms with Crippen LogP contribution in [-0.4, -0.2) is 15.0 Å². The molecule has 0 heterocycles. The van der Waals surface area contributed by atoms with Crippen molar-refractivity contribution in [2.75, 3.05) is 6.61 Å². The first-order valence-electron chi connectivity index (χ1n) is 5.51. The molecule has 0 saturated heterocycles. The Morgan fingerprint density at radius 1 is 1.28 bits per heavy atom. The highest BCUT2D eigenvalue weighted by Crippen LogP contribution is 2.27. The number of benzene rings is 1. The van der Waals surface area contributed by atoms with Gasteiger partial charge in [0.1, 0.15) is 10.7 Å². The summed E-state index contributed by atoms with van der Waals surface area (Å²) in [6, 6.07) is 1.21. The molecule has 0 amide bonds. The van der Waals surface area contributed by atoms with Crippen LogP contribution in [0.15, 0.2) is 17.0 Å². The van der Waals surface area contributed by atoms with Crippen LogP contribution in [0.4, 0.5) is 8.78 Å². The number of unbranched alkanes of at least 4 members (excludes halogenated alkanes) is 2. The van der Waals surface area contributed by atoms with Gasteiger partial charge in [0.05, 0.1) is 6.61 Å². The van der Waals surface area contributed by atoms with E-state index >= 15 is 0 Å². The minimum absolute atomic E-state index is 0.152. The van der Waals surface area contributed by atoms with Gasteiger partial charge < -0.3 is 4.74 Å². The van der Waals surface area contributed by atoms with Crippen LogP contribution < -0.4 is 9.88 Å². The van der Waals surface area contributed by atoms with E-state index in [2.05, 4.69) is 0 Å². The number of sulfonamides is 1. The Morgan fingerprint density at radius 2 is 1.94 bits per heavy atom. The summed E-state index contributed by atoms with van der Waals surface area (Å²) in [5.41, 5.74) is 0. The van der Waals surface area contributed by atoms with Crippen LogP contribution in [0.3, 0.4) is 0 Å². The van der Waals surface area contributed by atoms with Crippen molar-refractivity contribution in [2.45, 2.75) is 31.1 Å². The van der Waals surface area contributed by atoms with Gasteiger partial charge in [-0.15, -0.1) is 0 Å². The largest absolute Gasteiger partial charge is 0.489 e. The number of ether oxygens (including phenoxy) is 1. The maximum Gasteiger partial charge on any atom is 0.241 e. The van der Waals surface area contributed by atoms with Crippen LogP contribution in [-0.2, 0) is 10.0 Å². The van der Waals surface area contributed by atoms with Gasteiger partial charge in [0.15, 0.2) is 11.6 Å². The van der Waals surface area contributed by atoms with Crippen LogP contribution in [0.25, 0.3) is 0 Å². The molecule has 7 heteroatoms. The molecule has 0 bridgehead atoms. The highest BCUT2D eigenvalue weighted by Gasteiger charge is 2.21. The van der Waals surface area contributed by atoms with E-state index in [-0.39, 0.29) is 6.61 Å². The topological polar surface area (TPSA) is 69.4 Å². The highest BCUT2D eigenvalue weighted by atomic mass is 32.2. The van der Waals surface area contributed by atoms with E-state index in [1.165, 1.54) is 0 Å². The highest BCUT2D eigenvalue weighted by molar-refractivity contribution is 7.89. The minimum Gasteiger partial charge on any atom is -0.489 e. The van der Waals surface area contributed by atoms with Crippen LogP contribution in [0.1, 0.15) is 26.2 Å². The lowest BCUT2D eigenvalue weighted by atomic mass is 10.2. The second kappa shape index (κ2) is 6.10. The lowest BCUT2D eigenvalue weighted by molar-refractivity contribution is 0.282. The van der Waals surface area contributed by atoms with Crippen molar-refractivity contribution in [3.8, 4) is 5.75 Å². The Labute approximate surface area is 105 Å². The third kappa shape index (κ3) is 3.92. The van der Waals surface area contributed by atoms with E-state index in [0.29, 0.717) is 18.6 Å². The van der Waals surface area contributed by atoms with Crippen molar-refractivity contribution in [1.29, 1.82) is 0 Å². The van der Waals surface area contributed by atoms with E-state index in [9.17, 15) is 17.2 Å². The van der Waals surface area contributed by atoms with Crippen molar-refractivity contribution in [2.24, 2.45) is 5.14 Å². The molecule has 102 valence electrons. The summed E-state index contributed by atoms with van der Waals surface area (Å²) in [6.07, 6.45) is 2.46. The summed E-state index contributed by atoms with van der Waals surface area (Å²) in [6.45, 7) is 2.13. The average Bonchev–Trinajstić information content (AvgIpc) is 2.24. The summed E-state index contributed by atoms with van der Waals surface area (Å²) in [7, 11) is -4.23. The number of hydrogen-bond donors (Lipinski definition) is 1. The van der Waals surface area contributed by atoms with Crippen LogP contribution in [0.5, 0.6) is 5.75 Å². The monoisotopic (exact) mass is 279 g/mol. The third-order valence-electron chi connectivity index (χ3n) is 2.28. The lowest BCUT2D eigenvalue weighted by Crippen LogP contribution is -2.15. The molecule has 0 spiro atoms. The fourth-order valence-electron chi connectivity index (χ4n) is 1.41. The number of hydrogen-bond acceptors (Lipinski definition) is 3. The van der Waals surface area contributed by atoms with E-state index in [4.69, 9.17) is 9.88 Å². The molecule has 0 fully saturated rings. The van der Waals surface area contributed by atoms with Gasteiger partial charge >= 0.3 is 0 Å². The van der Waals surface area contributed by atoms with Crippen molar-refractivity contribution in [1.82, 2.24) is 0 Å². The molecule has 1 rings (SSSR count). The molecule has 0 unspecified atom stereocenters. The standard InChI is InChI=1S/C11H15F2NO3S/c1-2-3-4-5-17-11-9(13)6-8(12)7-10(11)18(14,15)16/h6-7H,2-5H2,1H3,(H2,14,15,16). The third-order valence-corrected chi connectivity index (χ3v) is 3.19. The van der Waals surface area contributed by atoms with E-state index in [1.54, 1.807) is 0 Å². The second-order valence-electron chi connectivity index (χ2n) is 3.82. The molecule has 1 aromatic carbocycles. The second-order valence-corrected chi connectivity index (χ2v) is 5.35. The molecule has 4 nitrogen and oxygen atoms in total. The molecule has 1 aromatic rings. The summed E-state index contributed by atoms with van der Waals surface area (Å²) >= 11 is 0. The molecule has 2 N–H and O–H groups in total. The molecule has 0 aliphatic carbocycles. The predicted molar refractivity (Wildman–Crippen MR) is 62.8 cm³/mol. The van der Waals surface area contributed by atoms with Crippen LogP contribution >= 0.6 is 0 Å². The summed E-state index contributed by atoms with van der Waals surface area (Å²) in [5, 5.41) is 4.88. The zero-order valence-corrected chi connectivity index (χ0v) is 10.8. The number of nitrogens with two attached hydrogens (primary N) is 1. The summed E-state index contributed by atoms with van der Waals surface area (Å²) in [5.74, 6) is -2.61. The molecule has 0 aliphatic rings. The Bertz CT molecular complexity index is 517. The number of halogens is 2. The van der Waals surface area contributed by atoms with Crippen molar-refractivity contribution in [3.63, 3.8) is 0 Å². The van der Waals surface area contributed by atoms with Crippen molar-refractivity contribution >= 4 is 10.0 Å². The van der Waals surface area contributed by atoms with Gasteiger partial charge in [0, 0.05) is 6.07 Å². The fourth-order valence-corrected chi connectivity index (χ4v) is 2.11. The van der Waals surface area contributed by atoms with Gasteiger partial charge in [-0.1, -0.05) is 19.8 Å². The zero-order chi connectivity index (χ0) is 13.8. The number of rotatable bonds is 6. The van der Waals surface area contributed by atoms with E-state index in [0.717, 1.165) is 12.8 Å². The van der Waals surface area contributed by atoms with Crippen LogP contribution in [0, 0.1) is 11.6 Å². The molecule has 0 aliphatic heterocycles.